The fraction of sp³-hybridized carbons (Fsp3) is 0.0333. The fourth-order valence-corrected chi connectivity index (χ4v) is 7.06. The number of ketones is 1. The number of halogens is 5. The van der Waals surface area contributed by atoms with E-state index in [0.717, 1.165) is 17.1 Å². The highest BCUT2D eigenvalue weighted by molar-refractivity contribution is 9.15. The van der Waals surface area contributed by atoms with Gasteiger partial charge in [-0.1, -0.05) is 23.7 Å². The molecule has 0 spiro atoms. The molecular formula is C30H14Br4ClN3O8. The number of esters is 1. The van der Waals surface area contributed by atoms with Gasteiger partial charge in [0.05, 0.1) is 32.2 Å². The van der Waals surface area contributed by atoms with Gasteiger partial charge in [0.2, 0.25) is 0 Å². The lowest BCUT2D eigenvalue weighted by atomic mass is 10.1. The maximum absolute atomic E-state index is 13.8. The number of fused-ring (bicyclic) bond motifs is 1. The Bertz CT molecular complexity index is 1940. The first-order valence-electron chi connectivity index (χ1n) is 12.7. The van der Waals surface area contributed by atoms with Crippen LogP contribution in [0.2, 0.25) is 5.02 Å². The first-order chi connectivity index (χ1) is 21.8. The molecule has 46 heavy (non-hydrogen) atoms. The van der Waals surface area contributed by atoms with Crippen molar-refractivity contribution in [3.63, 3.8) is 0 Å². The number of carbonyl (C=O) groups is 5. The van der Waals surface area contributed by atoms with Crippen molar-refractivity contribution in [1.29, 1.82) is 0 Å². The van der Waals surface area contributed by atoms with Crippen molar-refractivity contribution < 1.29 is 33.6 Å². The number of hydrazine groups is 1. The van der Waals surface area contributed by atoms with Gasteiger partial charge in [-0.25, -0.2) is 9.80 Å². The number of amides is 3. The summed E-state index contributed by atoms with van der Waals surface area (Å²) < 4.78 is 6.70. The molecule has 16 heteroatoms. The molecule has 0 N–H and O–H groups in total. The van der Waals surface area contributed by atoms with Gasteiger partial charge < -0.3 is 4.74 Å². The zero-order valence-electron chi connectivity index (χ0n) is 22.6. The summed E-state index contributed by atoms with van der Waals surface area (Å²) in [4.78, 5) is 77.6. The van der Waals surface area contributed by atoms with Crippen molar-refractivity contribution in [2.24, 2.45) is 0 Å². The molecule has 4 aromatic rings. The zero-order valence-corrected chi connectivity index (χ0v) is 29.7. The van der Waals surface area contributed by atoms with Gasteiger partial charge in [0.25, 0.3) is 23.4 Å². The quantitative estimate of drug-likeness (QED) is 0.0253. The summed E-state index contributed by atoms with van der Waals surface area (Å²) in [6.07, 6.45) is 0. The molecule has 1 aliphatic heterocycles. The van der Waals surface area contributed by atoms with E-state index in [0.29, 0.717) is 14.0 Å². The van der Waals surface area contributed by atoms with Gasteiger partial charge in [0.1, 0.15) is 12.3 Å². The minimum Gasteiger partial charge on any atom is -0.423 e. The second-order valence-electron chi connectivity index (χ2n) is 9.41. The van der Waals surface area contributed by atoms with Gasteiger partial charge in [0, 0.05) is 35.6 Å². The molecule has 4 aromatic carbocycles. The summed E-state index contributed by atoms with van der Waals surface area (Å²) in [5.74, 6) is -3.98. The van der Waals surface area contributed by atoms with Crippen LogP contribution in [0.4, 0.5) is 5.69 Å². The molecule has 0 radical (unpaired) electrons. The molecule has 1 aliphatic rings. The Labute approximate surface area is 298 Å². The number of carbonyl (C=O) groups excluding carboxylic acids is 5. The summed E-state index contributed by atoms with van der Waals surface area (Å²) in [5, 5.41) is 12.2. The van der Waals surface area contributed by atoms with Crippen LogP contribution < -0.4 is 4.74 Å². The van der Waals surface area contributed by atoms with Crippen molar-refractivity contribution in [3.05, 3.63) is 134 Å². The van der Waals surface area contributed by atoms with Crippen molar-refractivity contribution in [1.82, 2.24) is 10.0 Å². The molecule has 3 amide bonds. The second-order valence-corrected chi connectivity index (χ2v) is 13.0. The Morgan fingerprint density at radius 2 is 1.30 bits per heavy atom. The molecule has 1 heterocycles. The smallest absolute Gasteiger partial charge is 0.343 e. The first kappa shape index (κ1) is 33.6. The van der Waals surface area contributed by atoms with Crippen molar-refractivity contribution in [3.8, 4) is 5.75 Å². The molecule has 0 aromatic heterocycles. The number of ether oxygens (including phenoxy) is 1. The van der Waals surface area contributed by atoms with E-state index in [1.165, 1.54) is 48.5 Å². The Hall–Kier alpha value is -3.76. The van der Waals surface area contributed by atoms with E-state index < -0.39 is 40.9 Å². The number of non-ortho nitro benzene ring substituents is 1. The molecule has 11 nitrogen and oxygen atoms in total. The first-order valence-corrected chi connectivity index (χ1v) is 16.3. The monoisotopic (exact) mass is 895 g/mol. The Morgan fingerprint density at radius 3 is 1.83 bits per heavy atom. The van der Waals surface area contributed by atoms with Crippen LogP contribution >= 0.6 is 75.3 Å². The molecule has 0 saturated carbocycles. The van der Waals surface area contributed by atoms with E-state index in [-0.39, 0.29) is 53.2 Å². The highest BCUT2D eigenvalue weighted by atomic mass is 79.9. The Balaban J connectivity index is 1.43. The Morgan fingerprint density at radius 1 is 0.783 bits per heavy atom. The van der Waals surface area contributed by atoms with Crippen LogP contribution in [0, 0.1) is 10.1 Å². The molecule has 0 bridgehead atoms. The number of hydrogen-bond acceptors (Lipinski definition) is 8. The number of nitrogens with zero attached hydrogens (tertiary/aromatic N) is 3. The molecule has 0 fully saturated rings. The molecule has 0 unspecified atom stereocenters. The van der Waals surface area contributed by atoms with Crippen LogP contribution in [0.5, 0.6) is 5.75 Å². The summed E-state index contributed by atoms with van der Waals surface area (Å²) in [6.45, 7) is -0.741. The number of hydrogen-bond donors (Lipinski definition) is 0. The predicted octanol–water partition coefficient (Wildman–Crippen LogP) is 8.05. The molecular weight excluding hydrogens is 885 g/mol. The topological polar surface area (TPSA) is 144 Å². The standard InChI is InChI=1S/C30H14Br4ClN3O8/c31-23-21-22(24(32)26(34)25(23)33)29(42)37(28(21)41)36(27(40)18-3-1-2-4-19(18)35)13-20(39)14-7-11-17(12-8-14)46-30(43)15-5-9-16(10-6-15)38(44)45/h1-12H,13H2. The van der Waals surface area contributed by atoms with E-state index in [2.05, 4.69) is 63.7 Å². The van der Waals surface area contributed by atoms with E-state index in [9.17, 15) is 34.1 Å². The van der Waals surface area contributed by atoms with Crippen LogP contribution in [0.1, 0.15) is 51.8 Å². The molecule has 0 saturated heterocycles. The molecule has 5 rings (SSSR count). The van der Waals surface area contributed by atoms with Crippen LogP contribution in [-0.4, -0.2) is 51.0 Å². The number of rotatable bonds is 8. The lowest BCUT2D eigenvalue weighted by Crippen LogP contribution is -2.51. The molecule has 0 aliphatic carbocycles. The summed E-state index contributed by atoms with van der Waals surface area (Å²) in [5.41, 5.74) is -0.174. The van der Waals surface area contributed by atoms with Crippen molar-refractivity contribution >= 4 is 110 Å². The van der Waals surface area contributed by atoms with E-state index in [1.54, 1.807) is 12.1 Å². The number of nitro benzene ring substituents is 1. The van der Waals surface area contributed by atoms with Crippen molar-refractivity contribution in [2.75, 3.05) is 6.54 Å². The second kappa shape index (κ2) is 13.5. The average Bonchev–Trinajstić information content (AvgIpc) is 3.31. The largest absolute Gasteiger partial charge is 0.423 e. The third-order valence-electron chi connectivity index (χ3n) is 6.65. The maximum Gasteiger partial charge on any atom is 0.343 e. The number of imide groups is 1. The van der Waals surface area contributed by atoms with E-state index >= 15 is 0 Å². The number of Topliss-reactive ketones (excluding diaryl/α,β-unsaturated/α-hetero) is 1. The van der Waals surface area contributed by atoms with Crippen LogP contribution in [0.25, 0.3) is 0 Å². The lowest BCUT2D eigenvalue weighted by molar-refractivity contribution is -0.384. The van der Waals surface area contributed by atoms with Gasteiger partial charge in [0.15, 0.2) is 5.78 Å². The van der Waals surface area contributed by atoms with E-state index in [1.807, 2.05) is 0 Å². The third-order valence-corrected chi connectivity index (χ3v) is 11.8. The average molecular weight is 900 g/mol. The SMILES string of the molecule is O=C(CN(C(=O)c1ccccc1Cl)N1C(=O)c2c(Br)c(Br)c(Br)c(Br)c2C1=O)c1ccc(OC(=O)c2ccc([N+](=O)[O-])cc2)cc1. The summed E-state index contributed by atoms with van der Waals surface area (Å²) >= 11 is 19.7. The number of nitro groups is 1. The Kier molecular flexibility index (Phi) is 9.89. The zero-order chi connectivity index (χ0) is 33.4. The van der Waals surface area contributed by atoms with Gasteiger partial charge in [-0.05, 0) is 112 Å². The summed E-state index contributed by atoms with van der Waals surface area (Å²) in [6, 6.07) is 16.1. The van der Waals surface area contributed by atoms with Gasteiger partial charge in [-0.3, -0.25) is 29.3 Å². The van der Waals surface area contributed by atoms with Crippen LogP contribution in [0.15, 0.2) is 90.7 Å². The maximum atomic E-state index is 13.8. The predicted molar refractivity (Wildman–Crippen MR) is 179 cm³/mol. The highest BCUT2D eigenvalue weighted by Gasteiger charge is 2.46. The fourth-order valence-electron chi connectivity index (χ4n) is 4.39. The summed E-state index contributed by atoms with van der Waals surface area (Å²) in [7, 11) is 0. The number of benzene rings is 4. The van der Waals surface area contributed by atoms with Gasteiger partial charge in [-0.15, -0.1) is 0 Å². The molecule has 232 valence electrons. The minimum atomic E-state index is -0.882. The minimum absolute atomic E-state index is 0.0319. The van der Waals surface area contributed by atoms with Gasteiger partial charge >= 0.3 is 5.97 Å². The van der Waals surface area contributed by atoms with E-state index in [4.69, 9.17) is 16.3 Å². The van der Waals surface area contributed by atoms with Gasteiger partial charge in [-0.2, -0.15) is 5.01 Å². The lowest BCUT2D eigenvalue weighted by Gasteiger charge is -2.29. The third kappa shape index (κ3) is 6.29. The normalized spacial score (nSPS) is 12.2. The highest BCUT2D eigenvalue weighted by Crippen LogP contribution is 2.45. The van der Waals surface area contributed by atoms with Crippen molar-refractivity contribution in [2.45, 2.75) is 0 Å². The molecule has 0 atom stereocenters. The van der Waals surface area contributed by atoms with Crippen LogP contribution in [-0.2, 0) is 0 Å². The van der Waals surface area contributed by atoms with Crippen LogP contribution in [0.3, 0.4) is 0 Å².